The van der Waals surface area contributed by atoms with Crippen molar-refractivity contribution in [3.8, 4) is 11.8 Å². The molecule has 0 spiro atoms. The maximum Gasteiger partial charge on any atom is 0.225 e. The zero-order valence-electron chi connectivity index (χ0n) is 9.38. The highest BCUT2D eigenvalue weighted by molar-refractivity contribution is 6.35. The molecule has 0 unspecified atom stereocenters. The highest BCUT2D eigenvalue weighted by atomic mass is 35.5. The van der Waals surface area contributed by atoms with E-state index in [1.54, 1.807) is 29.1 Å². The highest BCUT2D eigenvalue weighted by Crippen LogP contribution is 2.24. The Labute approximate surface area is 118 Å². The molecule has 0 aliphatic heterocycles. The average Bonchev–Trinajstić information content (AvgIpc) is 2.82. The standard InChI is InChI=1S/C12H5Cl2N5/c13-10-9-6-16-19(11(9)18-12(14)17-10)8-3-1-2-7(4-8)5-15/h1-4,6H. The first-order chi connectivity index (χ1) is 9.19. The van der Waals surface area contributed by atoms with E-state index in [1.807, 2.05) is 6.07 Å². The molecule has 0 N–H and O–H groups in total. The van der Waals surface area contributed by atoms with Gasteiger partial charge in [-0.3, -0.25) is 0 Å². The number of nitrogens with zero attached hydrogens (tertiary/aromatic N) is 5. The largest absolute Gasteiger partial charge is 0.225 e. The zero-order valence-corrected chi connectivity index (χ0v) is 10.9. The minimum atomic E-state index is 0.0516. The molecule has 0 atom stereocenters. The number of nitriles is 1. The number of hydrogen-bond acceptors (Lipinski definition) is 4. The lowest BCUT2D eigenvalue weighted by Gasteiger charge is -2.03. The second-order valence-corrected chi connectivity index (χ2v) is 4.44. The van der Waals surface area contributed by atoms with Gasteiger partial charge < -0.3 is 0 Å². The second kappa shape index (κ2) is 4.50. The van der Waals surface area contributed by atoms with Gasteiger partial charge in [0.25, 0.3) is 0 Å². The normalized spacial score (nSPS) is 10.6. The molecular weight excluding hydrogens is 285 g/mol. The molecule has 0 bridgehead atoms. The van der Waals surface area contributed by atoms with Crippen LogP contribution in [0.5, 0.6) is 0 Å². The smallest absolute Gasteiger partial charge is 0.214 e. The van der Waals surface area contributed by atoms with Crippen LogP contribution in [0.1, 0.15) is 5.56 Å². The van der Waals surface area contributed by atoms with Crippen LogP contribution in [-0.2, 0) is 0 Å². The number of halogens is 2. The molecule has 3 rings (SSSR count). The predicted octanol–water partition coefficient (Wildman–Crippen LogP) is 2.99. The van der Waals surface area contributed by atoms with Crippen molar-refractivity contribution in [2.24, 2.45) is 0 Å². The first-order valence-electron chi connectivity index (χ1n) is 5.26. The van der Waals surface area contributed by atoms with Crippen molar-refractivity contribution in [2.75, 3.05) is 0 Å². The molecule has 19 heavy (non-hydrogen) atoms. The summed E-state index contributed by atoms with van der Waals surface area (Å²) in [5.74, 6) is 0. The van der Waals surface area contributed by atoms with Crippen molar-refractivity contribution in [1.29, 1.82) is 5.26 Å². The van der Waals surface area contributed by atoms with Crippen molar-refractivity contribution in [2.45, 2.75) is 0 Å². The third kappa shape index (κ3) is 2.01. The minimum Gasteiger partial charge on any atom is -0.214 e. The number of fused-ring (bicyclic) bond motifs is 1. The predicted molar refractivity (Wildman–Crippen MR) is 71.4 cm³/mol. The van der Waals surface area contributed by atoms with Crippen LogP contribution < -0.4 is 0 Å². The Kier molecular flexibility index (Phi) is 2.82. The summed E-state index contributed by atoms with van der Waals surface area (Å²) in [5, 5.41) is 14.0. The van der Waals surface area contributed by atoms with Crippen molar-refractivity contribution < 1.29 is 0 Å². The van der Waals surface area contributed by atoms with Gasteiger partial charge in [-0.2, -0.15) is 15.3 Å². The van der Waals surface area contributed by atoms with E-state index in [0.717, 1.165) is 0 Å². The maximum absolute atomic E-state index is 8.91. The molecule has 92 valence electrons. The van der Waals surface area contributed by atoms with E-state index in [4.69, 9.17) is 28.5 Å². The summed E-state index contributed by atoms with van der Waals surface area (Å²) < 4.78 is 1.57. The van der Waals surface area contributed by atoms with Gasteiger partial charge in [0.15, 0.2) is 5.65 Å². The van der Waals surface area contributed by atoms with E-state index in [2.05, 4.69) is 21.1 Å². The Morgan fingerprint density at radius 2 is 2.05 bits per heavy atom. The fourth-order valence-corrected chi connectivity index (χ4v) is 2.17. The van der Waals surface area contributed by atoms with Crippen LogP contribution >= 0.6 is 23.2 Å². The van der Waals surface area contributed by atoms with Crippen molar-refractivity contribution in [1.82, 2.24) is 19.7 Å². The summed E-state index contributed by atoms with van der Waals surface area (Å²) >= 11 is 11.8. The van der Waals surface area contributed by atoms with Crippen LogP contribution in [0.2, 0.25) is 10.4 Å². The molecule has 2 heterocycles. The number of aromatic nitrogens is 4. The van der Waals surface area contributed by atoms with E-state index in [1.165, 1.54) is 0 Å². The molecule has 3 aromatic rings. The summed E-state index contributed by atoms with van der Waals surface area (Å²) in [6.07, 6.45) is 1.56. The topological polar surface area (TPSA) is 67.4 Å². The molecule has 0 aliphatic carbocycles. The van der Waals surface area contributed by atoms with E-state index in [0.29, 0.717) is 22.3 Å². The molecule has 0 aliphatic rings. The number of rotatable bonds is 1. The van der Waals surface area contributed by atoms with E-state index in [-0.39, 0.29) is 10.4 Å². The Balaban J connectivity index is 2.28. The van der Waals surface area contributed by atoms with E-state index < -0.39 is 0 Å². The second-order valence-electron chi connectivity index (χ2n) is 3.74. The molecule has 0 amide bonds. The first kappa shape index (κ1) is 11.9. The molecule has 2 aromatic heterocycles. The number of benzene rings is 1. The van der Waals surface area contributed by atoms with Crippen LogP contribution in [0, 0.1) is 11.3 Å². The van der Waals surface area contributed by atoms with E-state index >= 15 is 0 Å². The summed E-state index contributed by atoms with van der Waals surface area (Å²) in [6, 6.07) is 9.08. The molecule has 0 saturated heterocycles. The summed E-state index contributed by atoms with van der Waals surface area (Å²) in [7, 11) is 0. The lowest BCUT2D eigenvalue weighted by Crippen LogP contribution is -1.98. The van der Waals surface area contributed by atoms with Gasteiger partial charge in [-0.15, -0.1) is 0 Å². The third-order valence-corrected chi connectivity index (χ3v) is 3.03. The summed E-state index contributed by atoms with van der Waals surface area (Å²) in [4.78, 5) is 7.97. The molecule has 0 saturated carbocycles. The summed E-state index contributed by atoms with van der Waals surface area (Å²) in [5.41, 5.74) is 1.74. The van der Waals surface area contributed by atoms with Gasteiger partial charge in [-0.05, 0) is 29.8 Å². The Bertz CT molecular complexity index is 819. The van der Waals surface area contributed by atoms with Gasteiger partial charge in [-0.1, -0.05) is 17.7 Å². The summed E-state index contributed by atoms with van der Waals surface area (Å²) in [6.45, 7) is 0. The number of hydrogen-bond donors (Lipinski definition) is 0. The van der Waals surface area contributed by atoms with Crippen molar-refractivity contribution >= 4 is 34.2 Å². The fourth-order valence-electron chi connectivity index (χ4n) is 1.74. The van der Waals surface area contributed by atoms with Crippen LogP contribution in [0.3, 0.4) is 0 Å². The van der Waals surface area contributed by atoms with Crippen LogP contribution in [0.4, 0.5) is 0 Å². The first-order valence-corrected chi connectivity index (χ1v) is 6.02. The van der Waals surface area contributed by atoms with Gasteiger partial charge in [0.1, 0.15) is 5.15 Å². The van der Waals surface area contributed by atoms with E-state index in [9.17, 15) is 0 Å². The average molecular weight is 290 g/mol. The van der Waals surface area contributed by atoms with Gasteiger partial charge in [0.05, 0.1) is 28.9 Å². The van der Waals surface area contributed by atoms with Crippen molar-refractivity contribution in [3.63, 3.8) is 0 Å². The molecule has 5 nitrogen and oxygen atoms in total. The van der Waals surface area contributed by atoms with Gasteiger partial charge in [0.2, 0.25) is 5.28 Å². The Morgan fingerprint density at radius 1 is 1.21 bits per heavy atom. The Morgan fingerprint density at radius 3 is 2.84 bits per heavy atom. The maximum atomic E-state index is 8.91. The third-order valence-electron chi connectivity index (χ3n) is 2.57. The van der Waals surface area contributed by atoms with Crippen molar-refractivity contribution in [3.05, 3.63) is 46.5 Å². The minimum absolute atomic E-state index is 0.0516. The zero-order chi connectivity index (χ0) is 13.4. The van der Waals surface area contributed by atoms with Gasteiger partial charge in [0, 0.05) is 0 Å². The monoisotopic (exact) mass is 289 g/mol. The SMILES string of the molecule is N#Cc1cccc(-n2ncc3c(Cl)nc(Cl)nc32)c1. The van der Waals surface area contributed by atoms with Gasteiger partial charge in [-0.25, -0.2) is 9.67 Å². The van der Waals surface area contributed by atoms with Gasteiger partial charge >= 0.3 is 0 Å². The fraction of sp³-hybridized carbons (Fsp3) is 0. The van der Waals surface area contributed by atoms with Crippen LogP contribution in [0.25, 0.3) is 16.7 Å². The van der Waals surface area contributed by atoms with Crippen LogP contribution in [-0.4, -0.2) is 19.7 Å². The Hall–Kier alpha value is -2.16. The quantitative estimate of drug-likeness (QED) is 0.510. The highest BCUT2D eigenvalue weighted by Gasteiger charge is 2.12. The molecule has 1 aromatic carbocycles. The lowest BCUT2D eigenvalue weighted by atomic mass is 10.2. The molecule has 0 radical (unpaired) electrons. The molecule has 0 fully saturated rings. The van der Waals surface area contributed by atoms with Crippen LogP contribution in [0.15, 0.2) is 30.5 Å². The molecule has 7 heteroatoms. The lowest BCUT2D eigenvalue weighted by molar-refractivity contribution is 0.894. The molecular formula is C12H5Cl2N5.